The Labute approximate surface area is 432 Å². The molecule has 7 unspecified atom stereocenters. The molecule has 70 heavy (non-hydrogen) atoms. The van der Waals surface area contributed by atoms with Gasteiger partial charge in [0.25, 0.3) is 0 Å². The first-order valence-electron chi connectivity index (χ1n) is 30.5. The summed E-state index contributed by atoms with van der Waals surface area (Å²) in [4.78, 5) is 13.1. The van der Waals surface area contributed by atoms with Crippen molar-refractivity contribution in [2.45, 2.75) is 346 Å². The standard InChI is InChI=1S/C61H117NO8/c1-3-5-7-9-11-13-15-17-19-21-22-23-24-25-26-27-28-29-30-31-32-33-34-35-36-38-40-42-44-46-48-50-55(64)54(53-69-61-60(68)59(67)58(66)56(52-63)70-61)62-57(65)51-49-47-45-43-41-39-37-20-18-16-14-12-10-8-6-4-2/h14,16,20,37,54-56,58-61,63-64,66-68H,3-13,15,17-19,21-36,38-53H2,1-2H3,(H,62,65)/b16-14-,37-20-. The van der Waals surface area contributed by atoms with Gasteiger partial charge in [0, 0.05) is 6.42 Å². The van der Waals surface area contributed by atoms with Crippen LogP contribution in [0.15, 0.2) is 24.3 Å². The highest BCUT2D eigenvalue weighted by molar-refractivity contribution is 5.76. The molecule has 1 rings (SSSR count). The number of aliphatic hydroxyl groups is 5. The maximum atomic E-state index is 13.1. The second-order valence-electron chi connectivity index (χ2n) is 21.5. The van der Waals surface area contributed by atoms with Gasteiger partial charge >= 0.3 is 0 Å². The van der Waals surface area contributed by atoms with E-state index in [9.17, 15) is 30.3 Å². The number of hydrogen-bond acceptors (Lipinski definition) is 8. The van der Waals surface area contributed by atoms with Crippen LogP contribution in [0.25, 0.3) is 0 Å². The molecule has 414 valence electrons. The third kappa shape index (κ3) is 40.1. The summed E-state index contributed by atoms with van der Waals surface area (Å²) in [6.45, 7) is 3.84. The van der Waals surface area contributed by atoms with Gasteiger partial charge in [-0.15, -0.1) is 0 Å². The molecule has 9 nitrogen and oxygen atoms in total. The van der Waals surface area contributed by atoms with E-state index in [-0.39, 0.29) is 12.5 Å². The second kappa shape index (κ2) is 51.2. The van der Waals surface area contributed by atoms with E-state index in [1.807, 2.05) is 0 Å². The molecule has 0 bridgehead atoms. The zero-order valence-corrected chi connectivity index (χ0v) is 46.0. The van der Waals surface area contributed by atoms with Crippen LogP contribution in [0.1, 0.15) is 303 Å². The average molecular weight is 993 g/mol. The molecule has 1 aliphatic heterocycles. The van der Waals surface area contributed by atoms with E-state index in [0.717, 1.165) is 64.2 Å². The third-order valence-corrected chi connectivity index (χ3v) is 14.8. The number of carbonyl (C=O) groups is 1. The number of allylic oxidation sites excluding steroid dienone is 4. The Hall–Kier alpha value is -1.33. The maximum Gasteiger partial charge on any atom is 0.220 e. The molecule has 0 aliphatic carbocycles. The summed E-state index contributed by atoms with van der Waals surface area (Å²) in [5, 5.41) is 54.7. The molecular formula is C61H117NO8. The van der Waals surface area contributed by atoms with Crippen molar-refractivity contribution in [2.24, 2.45) is 0 Å². The minimum Gasteiger partial charge on any atom is -0.394 e. The van der Waals surface area contributed by atoms with Crippen LogP contribution in [0.2, 0.25) is 0 Å². The number of nitrogens with one attached hydrogen (secondary N) is 1. The first-order valence-corrected chi connectivity index (χ1v) is 30.5. The molecule has 9 heteroatoms. The van der Waals surface area contributed by atoms with Crippen LogP contribution in [-0.4, -0.2) is 87.5 Å². The van der Waals surface area contributed by atoms with Gasteiger partial charge < -0.3 is 40.3 Å². The summed E-state index contributed by atoms with van der Waals surface area (Å²) >= 11 is 0. The van der Waals surface area contributed by atoms with Crippen LogP contribution in [0, 0.1) is 0 Å². The normalized spacial score (nSPS) is 19.4. The molecular weight excluding hydrogens is 875 g/mol. The van der Waals surface area contributed by atoms with Gasteiger partial charge in [0.05, 0.1) is 25.4 Å². The summed E-state index contributed by atoms with van der Waals surface area (Å²) in [7, 11) is 0. The fourth-order valence-corrected chi connectivity index (χ4v) is 9.96. The SMILES string of the molecule is CCCCCC/C=C\C/C=C\CCCCCCCC(=O)NC(COC1OC(CO)C(O)C(O)C1O)C(O)CCCCCCCCCCCCCCCCCCCCCCCCCCCCCCCCC. The number of amides is 1. The number of rotatable bonds is 53. The van der Waals surface area contributed by atoms with Crippen molar-refractivity contribution in [3.63, 3.8) is 0 Å². The smallest absolute Gasteiger partial charge is 0.220 e. The third-order valence-electron chi connectivity index (χ3n) is 14.8. The molecule has 0 saturated carbocycles. The van der Waals surface area contributed by atoms with Crippen molar-refractivity contribution in [2.75, 3.05) is 13.2 Å². The van der Waals surface area contributed by atoms with Crippen LogP contribution >= 0.6 is 0 Å². The quantitative estimate of drug-likeness (QED) is 0.0261. The van der Waals surface area contributed by atoms with E-state index in [0.29, 0.717) is 12.8 Å². The van der Waals surface area contributed by atoms with E-state index in [4.69, 9.17) is 9.47 Å². The topological polar surface area (TPSA) is 149 Å². The largest absolute Gasteiger partial charge is 0.394 e. The summed E-state index contributed by atoms with van der Waals surface area (Å²) in [6, 6.07) is -0.726. The summed E-state index contributed by atoms with van der Waals surface area (Å²) in [5.74, 6) is -0.154. The molecule has 6 N–H and O–H groups in total. The van der Waals surface area contributed by atoms with Gasteiger partial charge in [-0.25, -0.2) is 0 Å². The Morgan fingerprint density at radius 3 is 1.24 bits per heavy atom. The van der Waals surface area contributed by atoms with Gasteiger partial charge in [0.2, 0.25) is 5.91 Å². The number of hydrogen-bond donors (Lipinski definition) is 6. The van der Waals surface area contributed by atoms with Crippen LogP contribution in [0.4, 0.5) is 0 Å². The highest BCUT2D eigenvalue weighted by atomic mass is 16.7. The molecule has 0 aromatic rings. The Kier molecular flexibility index (Phi) is 48.7. The minimum absolute atomic E-state index is 0.141. The van der Waals surface area contributed by atoms with E-state index in [1.54, 1.807) is 0 Å². The fraction of sp³-hybridized carbons (Fsp3) is 0.918. The van der Waals surface area contributed by atoms with Gasteiger partial charge in [-0.3, -0.25) is 4.79 Å². The molecule has 7 atom stereocenters. The average Bonchev–Trinajstić information content (AvgIpc) is 3.36. The van der Waals surface area contributed by atoms with Crippen molar-refractivity contribution in [1.82, 2.24) is 5.32 Å². The summed E-state index contributed by atoms with van der Waals surface area (Å²) in [5.41, 5.74) is 0. The molecule has 0 radical (unpaired) electrons. The highest BCUT2D eigenvalue weighted by Gasteiger charge is 2.44. The zero-order valence-electron chi connectivity index (χ0n) is 46.0. The van der Waals surface area contributed by atoms with Crippen molar-refractivity contribution < 1.29 is 39.8 Å². The molecule has 0 aromatic heterocycles. The van der Waals surface area contributed by atoms with Crippen LogP contribution < -0.4 is 5.32 Å². The summed E-state index contributed by atoms with van der Waals surface area (Å²) < 4.78 is 11.3. The lowest BCUT2D eigenvalue weighted by atomic mass is 9.99. The lowest BCUT2D eigenvalue weighted by molar-refractivity contribution is -0.302. The highest BCUT2D eigenvalue weighted by Crippen LogP contribution is 2.23. The first kappa shape index (κ1) is 66.7. The Morgan fingerprint density at radius 2 is 0.843 bits per heavy atom. The van der Waals surface area contributed by atoms with Crippen LogP contribution in [0.3, 0.4) is 0 Å². The van der Waals surface area contributed by atoms with Crippen molar-refractivity contribution in [3.05, 3.63) is 24.3 Å². The lowest BCUT2D eigenvalue weighted by Crippen LogP contribution is -2.60. The Morgan fingerprint density at radius 1 is 0.486 bits per heavy atom. The predicted molar refractivity (Wildman–Crippen MR) is 295 cm³/mol. The second-order valence-corrected chi connectivity index (χ2v) is 21.5. The van der Waals surface area contributed by atoms with Gasteiger partial charge in [-0.2, -0.15) is 0 Å². The molecule has 1 heterocycles. The summed E-state index contributed by atoms with van der Waals surface area (Å²) in [6.07, 6.45) is 58.0. The molecule has 1 aliphatic rings. The van der Waals surface area contributed by atoms with Gasteiger partial charge in [-0.1, -0.05) is 276 Å². The van der Waals surface area contributed by atoms with E-state index >= 15 is 0 Å². The van der Waals surface area contributed by atoms with Gasteiger partial charge in [0.15, 0.2) is 6.29 Å². The van der Waals surface area contributed by atoms with Crippen molar-refractivity contribution in [1.29, 1.82) is 0 Å². The Balaban J connectivity index is 2.13. The Bertz CT molecular complexity index is 1150. The lowest BCUT2D eigenvalue weighted by Gasteiger charge is -2.40. The molecule has 0 aromatic carbocycles. The zero-order chi connectivity index (χ0) is 50.8. The molecule has 0 spiro atoms. The molecule has 1 saturated heterocycles. The predicted octanol–water partition coefficient (Wildman–Crippen LogP) is 15.4. The number of aliphatic hydroxyl groups excluding tert-OH is 5. The first-order chi connectivity index (χ1) is 34.3. The fourth-order valence-electron chi connectivity index (χ4n) is 9.96. The van der Waals surface area contributed by atoms with E-state index in [1.165, 1.54) is 212 Å². The maximum absolute atomic E-state index is 13.1. The number of carbonyl (C=O) groups excluding carboxylic acids is 1. The monoisotopic (exact) mass is 992 g/mol. The van der Waals surface area contributed by atoms with Crippen molar-refractivity contribution in [3.8, 4) is 0 Å². The molecule has 1 amide bonds. The van der Waals surface area contributed by atoms with Crippen molar-refractivity contribution >= 4 is 5.91 Å². The van der Waals surface area contributed by atoms with Gasteiger partial charge in [-0.05, 0) is 44.9 Å². The molecule has 1 fully saturated rings. The number of unbranched alkanes of at least 4 members (excludes halogenated alkanes) is 39. The van der Waals surface area contributed by atoms with Gasteiger partial charge in [0.1, 0.15) is 24.4 Å². The van der Waals surface area contributed by atoms with E-state index < -0.39 is 49.5 Å². The van der Waals surface area contributed by atoms with Crippen LogP contribution in [-0.2, 0) is 14.3 Å². The minimum atomic E-state index is -1.56. The number of ether oxygens (including phenoxy) is 2. The van der Waals surface area contributed by atoms with Crippen LogP contribution in [0.5, 0.6) is 0 Å². The van der Waals surface area contributed by atoms with E-state index in [2.05, 4.69) is 43.5 Å².